The molecule has 4 heteroatoms. The van der Waals surface area contributed by atoms with Gasteiger partial charge in [0, 0.05) is 26.2 Å². The summed E-state index contributed by atoms with van der Waals surface area (Å²) in [7, 11) is 0. The standard InChI is InChI=1S/C58H120N4/c1-5-9-13-17-21-25-29-33-37-41-47-59-51-45-52-61(49-43-39-35-31-27-23-19-15-11-7-3)57-58-62(50-44-40-36-32-28-24-20-16-12-8-4)54-46-53-60(56-55-59)48-42-38-34-30-26-22-18-14-10-6-2/h5-58H2,1-4H3. The molecule has 1 saturated heterocycles. The molecule has 0 aromatic heterocycles. The van der Waals surface area contributed by atoms with Crippen molar-refractivity contribution in [3.63, 3.8) is 0 Å². The quantitative estimate of drug-likeness (QED) is 0.0566. The van der Waals surface area contributed by atoms with Gasteiger partial charge in [-0.3, -0.25) is 0 Å². The van der Waals surface area contributed by atoms with Gasteiger partial charge in [0.05, 0.1) is 0 Å². The second kappa shape index (κ2) is 50.3. The smallest absolute Gasteiger partial charge is 0.0109 e. The molecule has 0 aliphatic carbocycles. The van der Waals surface area contributed by atoms with Crippen molar-refractivity contribution in [2.24, 2.45) is 0 Å². The van der Waals surface area contributed by atoms with Gasteiger partial charge < -0.3 is 19.6 Å². The van der Waals surface area contributed by atoms with E-state index in [1.54, 1.807) is 0 Å². The van der Waals surface area contributed by atoms with Crippen LogP contribution in [0.5, 0.6) is 0 Å². The van der Waals surface area contributed by atoms with Crippen molar-refractivity contribution in [2.45, 2.75) is 297 Å². The third-order valence-corrected chi connectivity index (χ3v) is 14.7. The fourth-order valence-electron chi connectivity index (χ4n) is 10.2. The lowest BCUT2D eigenvalue weighted by Gasteiger charge is -2.32. The van der Waals surface area contributed by atoms with E-state index in [4.69, 9.17) is 0 Å². The molecular formula is C58H120N4. The molecule has 0 aromatic carbocycles. The summed E-state index contributed by atoms with van der Waals surface area (Å²) in [6, 6.07) is 0. The van der Waals surface area contributed by atoms with Gasteiger partial charge in [0.1, 0.15) is 0 Å². The van der Waals surface area contributed by atoms with Gasteiger partial charge in [0.2, 0.25) is 0 Å². The van der Waals surface area contributed by atoms with Gasteiger partial charge in [-0.2, -0.15) is 0 Å². The Morgan fingerprint density at radius 3 is 0.484 bits per heavy atom. The average molecular weight is 874 g/mol. The van der Waals surface area contributed by atoms with Crippen molar-refractivity contribution < 1.29 is 0 Å². The highest BCUT2D eigenvalue weighted by Gasteiger charge is 2.15. The van der Waals surface area contributed by atoms with Crippen LogP contribution in [0.1, 0.15) is 297 Å². The molecule has 62 heavy (non-hydrogen) atoms. The first kappa shape index (κ1) is 59.9. The molecule has 0 aromatic rings. The Morgan fingerprint density at radius 2 is 0.323 bits per heavy atom. The summed E-state index contributed by atoms with van der Waals surface area (Å²) in [4.78, 5) is 11.7. The van der Waals surface area contributed by atoms with E-state index in [-0.39, 0.29) is 0 Å². The van der Waals surface area contributed by atoms with Crippen molar-refractivity contribution in [3.05, 3.63) is 0 Å². The molecule has 0 unspecified atom stereocenters. The van der Waals surface area contributed by atoms with E-state index in [0.29, 0.717) is 0 Å². The van der Waals surface area contributed by atoms with Gasteiger partial charge in [-0.1, -0.05) is 259 Å². The SMILES string of the molecule is CCCCCCCCCCCCN1CCCN(CCCCCCCCCCCC)CCN(CCCCCCCCCCCC)CCCN(CCCCCCCCCCCC)CC1. The molecule has 4 nitrogen and oxygen atoms in total. The van der Waals surface area contributed by atoms with Gasteiger partial charge in [0.15, 0.2) is 0 Å². The zero-order valence-corrected chi connectivity index (χ0v) is 44.0. The number of rotatable bonds is 44. The Balaban J connectivity index is 2.77. The predicted molar refractivity (Wildman–Crippen MR) is 282 cm³/mol. The fraction of sp³-hybridized carbons (Fsp3) is 1.00. The van der Waals surface area contributed by atoms with Gasteiger partial charge in [-0.05, 0) is 90.9 Å². The van der Waals surface area contributed by atoms with Crippen LogP contribution < -0.4 is 0 Å². The fourth-order valence-corrected chi connectivity index (χ4v) is 10.2. The van der Waals surface area contributed by atoms with E-state index >= 15 is 0 Å². The third kappa shape index (κ3) is 42.5. The first-order valence-electron chi connectivity index (χ1n) is 29.6. The monoisotopic (exact) mass is 873 g/mol. The number of hydrogen-bond acceptors (Lipinski definition) is 4. The molecule has 1 fully saturated rings. The summed E-state index contributed by atoms with van der Waals surface area (Å²) in [5.41, 5.74) is 0. The van der Waals surface area contributed by atoms with Crippen molar-refractivity contribution in [1.82, 2.24) is 19.6 Å². The molecule has 1 rings (SSSR count). The molecule has 0 saturated carbocycles. The summed E-state index contributed by atoms with van der Waals surface area (Å²) in [5.74, 6) is 0. The molecule has 0 radical (unpaired) electrons. The Labute approximate surface area is 394 Å². The Kier molecular flexibility index (Phi) is 48.5. The first-order chi connectivity index (χ1) is 30.7. The predicted octanol–water partition coefficient (Wildman–Crippen LogP) is 17.7. The van der Waals surface area contributed by atoms with Crippen LogP contribution >= 0.6 is 0 Å². The second-order valence-electron chi connectivity index (χ2n) is 20.8. The minimum Gasteiger partial charge on any atom is -0.302 e. The molecule has 0 bridgehead atoms. The van der Waals surface area contributed by atoms with Gasteiger partial charge in [-0.25, -0.2) is 0 Å². The topological polar surface area (TPSA) is 13.0 Å². The summed E-state index contributed by atoms with van der Waals surface area (Å²) in [6.45, 7) is 25.0. The van der Waals surface area contributed by atoms with E-state index in [1.165, 1.54) is 348 Å². The summed E-state index contributed by atoms with van der Waals surface area (Å²) >= 11 is 0. The molecular weight excluding hydrogens is 753 g/mol. The molecule has 0 atom stereocenters. The van der Waals surface area contributed by atoms with Crippen LogP contribution in [0.4, 0.5) is 0 Å². The van der Waals surface area contributed by atoms with Crippen LogP contribution in [0, 0.1) is 0 Å². The molecule has 0 N–H and O–H groups in total. The van der Waals surface area contributed by atoms with Crippen molar-refractivity contribution in [3.8, 4) is 0 Å². The van der Waals surface area contributed by atoms with Crippen LogP contribution in [0.25, 0.3) is 0 Å². The zero-order valence-electron chi connectivity index (χ0n) is 44.0. The number of nitrogens with zero attached hydrogens (tertiary/aromatic N) is 4. The summed E-state index contributed by atoms with van der Waals surface area (Å²) < 4.78 is 0. The van der Waals surface area contributed by atoms with Crippen LogP contribution in [0.15, 0.2) is 0 Å². The summed E-state index contributed by atoms with van der Waals surface area (Å²) in [6.07, 6.45) is 60.3. The number of unbranched alkanes of at least 4 members (excludes halogenated alkanes) is 36. The molecule has 1 aliphatic heterocycles. The second-order valence-corrected chi connectivity index (χ2v) is 20.8. The van der Waals surface area contributed by atoms with E-state index < -0.39 is 0 Å². The number of hydrogen-bond donors (Lipinski definition) is 0. The van der Waals surface area contributed by atoms with E-state index in [1.807, 2.05) is 0 Å². The van der Waals surface area contributed by atoms with Crippen molar-refractivity contribution >= 4 is 0 Å². The Bertz CT molecular complexity index is 689. The highest BCUT2D eigenvalue weighted by molar-refractivity contribution is 4.71. The maximum Gasteiger partial charge on any atom is 0.0109 e. The lowest BCUT2D eigenvalue weighted by Crippen LogP contribution is -2.42. The van der Waals surface area contributed by atoms with Crippen molar-refractivity contribution in [1.29, 1.82) is 0 Å². The highest BCUT2D eigenvalue weighted by Crippen LogP contribution is 2.16. The first-order valence-corrected chi connectivity index (χ1v) is 29.6. The largest absolute Gasteiger partial charge is 0.302 e. The minimum absolute atomic E-state index is 1.29. The molecule has 372 valence electrons. The zero-order chi connectivity index (χ0) is 44.5. The Hall–Kier alpha value is -0.160. The van der Waals surface area contributed by atoms with Crippen LogP contribution in [-0.2, 0) is 0 Å². The lowest BCUT2D eigenvalue weighted by molar-refractivity contribution is 0.154. The molecule has 1 heterocycles. The van der Waals surface area contributed by atoms with E-state index in [0.717, 1.165) is 0 Å². The highest BCUT2D eigenvalue weighted by atomic mass is 15.2. The average Bonchev–Trinajstić information content (AvgIpc) is 3.28. The third-order valence-electron chi connectivity index (χ3n) is 14.7. The van der Waals surface area contributed by atoms with Gasteiger partial charge in [-0.15, -0.1) is 0 Å². The van der Waals surface area contributed by atoms with Crippen molar-refractivity contribution in [2.75, 3.05) is 78.5 Å². The molecule has 0 amide bonds. The lowest BCUT2D eigenvalue weighted by atomic mass is 10.1. The van der Waals surface area contributed by atoms with Crippen LogP contribution in [0.3, 0.4) is 0 Å². The van der Waals surface area contributed by atoms with Gasteiger partial charge in [0.25, 0.3) is 0 Å². The maximum atomic E-state index is 2.91. The molecule has 0 spiro atoms. The van der Waals surface area contributed by atoms with E-state index in [9.17, 15) is 0 Å². The van der Waals surface area contributed by atoms with Crippen LogP contribution in [-0.4, -0.2) is 98.1 Å². The molecule has 1 aliphatic rings. The van der Waals surface area contributed by atoms with Gasteiger partial charge >= 0.3 is 0 Å². The van der Waals surface area contributed by atoms with Crippen LogP contribution in [0.2, 0.25) is 0 Å². The normalized spacial score (nSPS) is 16.1. The maximum absolute atomic E-state index is 2.91. The summed E-state index contributed by atoms with van der Waals surface area (Å²) in [5, 5.41) is 0. The Morgan fingerprint density at radius 1 is 0.177 bits per heavy atom. The minimum atomic E-state index is 1.29. The van der Waals surface area contributed by atoms with E-state index in [2.05, 4.69) is 47.3 Å².